The van der Waals surface area contributed by atoms with Crippen LogP contribution in [0, 0.1) is 0 Å². The van der Waals surface area contributed by atoms with E-state index in [2.05, 4.69) is 5.32 Å². The molecule has 2 rings (SSSR count). The summed E-state index contributed by atoms with van der Waals surface area (Å²) in [5.74, 6) is -0.332. The molecule has 0 spiro atoms. The Bertz CT molecular complexity index is 755. The Kier molecular flexibility index (Phi) is 7.31. The minimum atomic E-state index is -0.394. The van der Waals surface area contributed by atoms with Gasteiger partial charge in [0.25, 0.3) is 5.91 Å². The molecule has 0 aliphatic heterocycles. The standard InChI is InChI=1S/C18H20ClN3O2S/c1-12(13-5-4-6-14(19)9-13)21-10-18(24)22-15-7-2-3-8-16(15)25-11-17(20)23/h2-9,12,21H,10-11H2,1H3,(H2,20,23)(H,22,24)/p+1/t12-/m1/s1. The van der Waals surface area contributed by atoms with Gasteiger partial charge in [-0.05, 0) is 31.2 Å². The molecule has 25 heavy (non-hydrogen) atoms. The van der Waals surface area contributed by atoms with Gasteiger partial charge in [-0.15, -0.1) is 11.8 Å². The highest BCUT2D eigenvalue weighted by atomic mass is 35.5. The molecular weight excluding hydrogens is 358 g/mol. The van der Waals surface area contributed by atoms with Crippen molar-refractivity contribution >= 4 is 40.9 Å². The van der Waals surface area contributed by atoms with E-state index < -0.39 is 5.91 Å². The number of hydrogen-bond acceptors (Lipinski definition) is 3. The lowest BCUT2D eigenvalue weighted by Gasteiger charge is -2.13. The van der Waals surface area contributed by atoms with Gasteiger partial charge in [0, 0.05) is 15.5 Å². The van der Waals surface area contributed by atoms with E-state index >= 15 is 0 Å². The van der Waals surface area contributed by atoms with Crippen LogP contribution >= 0.6 is 23.4 Å². The number of quaternary nitrogens is 1. The molecule has 0 fully saturated rings. The van der Waals surface area contributed by atoms with E-state index in [1.54, 1.807) is 0 Å². The van der Waals surface area contributed by atoms with Crippen LogP contribution in [0.3, 0.4) is 0 Å². The molecule has 2 amide bonds. The van der Waals surface area contributed by atoms with Crippen LogP contribution in [0.5, 0.6) is 0 Å². The fourth-order valence-electron chi connectivity index (χ4n) is 2.26. The van der Waals surface area contributed by atoms with E-state index in [1.165, 1.54) is 11.8 Å². The molecule has 0 aliphatic carbocycles. The summed E-state index contributed by atoms with van der Waals surface area (Å²) >= 11 is 7.31. The molecule has 0 aliphatic rings. The Labute approximate surface area is 156 Å². The van der Waals surface area contributed by atoms with E-state index in [1.807, 2.05) is 60.8 Å². The number of primary amides is 1. The van der Waals surface area contributed by atoms with E-state index in [0.717, 1.165) is 10.5 Å². The van der Waals surface area contributed by atoms with Crippen LogP contribution in [0.2, 0.25) is 5.02 Å². The quantitative estimate of drug-likeness (QED) is 0.615. The fraction of sp³-hybridized carbons (Fsp3) is 0.222. The molecule has 0 saturated carbocycles. The second-order valence-electron chi connectivity index (χ2n) is 5.58. The highest BCUT2D eigenvalue weighted by Gasteiger charge is 2.13. The van der Waals surface area contributed by atoms with Crippen molar-refractivity contribution in [3.63, 3.8) is 0 Å². The van der Waals surface area contributed by atoms with Gasteiger partial charge in [0.05, 0.1) is 11.4 Å². The molecule has 0 saturated heterocycles. The van der Waals surface area contributed by atoms with Gasteiger partial charge in [-0.3, -0.25) is 9.59 Å². The molecule has 0 radical (unpaired) electrons. The number of carbonyl (C=O) groups is 2. The molecule has 7 heteroatoms. The zero-order valence-corrected chi connectivity index (χ0v) is 15.4. The van der Waals surface area contributed by atoms with Crippen molar-refractivity contribution in [1.29, 1.82) is 0 Å². The number of thioether (sulfide) groups is 1. The highest BCUT2D eigenvalue weighted by Crippen LogP contribution is 2.26. The number of amides is 2. The number of benzene rings is 2. The van der Waals surface area contributed by atoms with Crippen molar-refractivity contribution in [3.05, 3.63) is 59.1 Å². The van der Waals surface area contributed by atoms with Gasteiger partial charge < -0.3 is 16.4 Å². The minimum absolute atomic E-state index is 0.110. The maximum absolute atomic E-state index is 12.2. The molecule has 132 valence electrons. The largest absolute Gasteiger partial charge is 0.369 e. The Hall–Kier alpha value is -2.02. The predicted octanol–water partition coefficient (Wildman–Crippen LogP) is 2.18. The molecule has 5 nitrogen and oxygen atoms in total. The number of nitrogens with two attached hydrogens (primary N) is 2. The van der Waals surface area contributed by atoms with Gasteiger partial charge in [-0.1, -0.05) is 35.9 Å². The molecule has 5 N–H and O–H groups in total. The lowest BCUT2D eigenvalue weighted by atomic mass is 10.1. The number of anilines is 1. The van der Waals surface area contributed by atoms with Crippen LogP contribution in [-0.2, 0) is 9.59 Å². The summed E-state index contributed by atoms with van der Waals surface area (Å²) in [6.45, 7) is 2.30. The van der Waals surface area contributed by atoms with E-state index in [4.69, 9.17) is 17.3 Å². The second-order valence-corrected chi connectivity index (χ2v) is 7.04. The third kappa shape index (κ3) is 6.42. The first-order chi connectivity index (χ1) is 12.0. The third-order valence-corrected chi connectivity index (χ3v) is 4.89. The molecular formula is C18H21ClN3O2S+. The van der Waals surface area contributed by atoms with Crippen LogP contribution in [0.4, 0.5) is 5.69 Å². The number of halogens is 1. The number of nitrogens with one attached hydrogen (secondary N) is 1. The maximum Gasteiger partial charge on any atom is 0.279 e. The topological polar surface area (TPSA) is 88.8 Å². The number of para-hydroxylation sites is 1. The molecule has 0 bridgehead atoms. The van der Waals surface area contributed by atoms with Gasteiger partial charge in [0.1, 0.15) is 6.04 Å². The number of hydrogen-bond donors (Lipinski definition) is 3. The van der Waals surface area contributed by atoms with Gasteiger partial charge in [0.2, 0.25) is 5.91 Å². The van der Waals surface area contributed by atoms with Crippen molar-refractivity contribution in [3.8, 4) is 0 Å². The molecule has 0 aromatic heterocycles. The highest BCUT2D eigenvalue weighted by molar-refractivity contribution is 8.00. The zero-order chi connectivity index (χ0) is 18.2. The summed E-state index contributed by atoms with van der Waals surface area (Å²) in [5, 5.41) is 5.51. The number of carbonyl (C=O) groups excluding carboxylic acids is 2. The maximum atomic E-state index is 12.2. The van der Waals surface area contributed by atoms with Crippen LogP contribution in [0.25, 0.3) is 0 Å². The number of rotatable bonds is 8. The summed E-state index contributed by atoms with van der Waals surface area (Å²) in [6.07, 6.45) is 0. The van der Waals surface area contributed by atoms with Crippen molar-refractivity contribution in [2.75, 3.05) is 17.6 Å². The van der Waals surface area contributed by atoms with Crippen molar-refractivity contribution in [2.45, 2.75) is 17.9 Å². The average Bonchev–Trinajstić information content (AvgIpc) is 2.59. The molecule has 1 atom stereocenters. The predicted molar refractivity (Wildman–Crippen MR) is 102 cm³/mol. The Balaban J connectivity index is 1.91. The SMILES string of the molecule is C[C@@H]([NH2+]CC(=O)Nc1ccccc1SCC(N)=O)c1cccc(Cl)c1. The summed E-state index contributed by atoms with van der Waals surface area (Å²) in [6, 6.07) is 15.1. The Morgan fingerprint density at radius 1 is 1.24 bits per heavy atom. The lowest BCUT2D eigenvalue weighted by molar-refractivity contribution is -0.682. The minimum Gasteiger partial charge on any atom is -0.369 e. The normalized spacial score (nSPS) is 11.8. The monoisotopic (exact) mass is 378 g/mol. The van der Waals surface area contributed by atoms with Gasteiger partial charge in [0.15, 0.2) is 6.54 Å². The van der Waals surface area contributed by atoms with E-state index in [0.29, 0.717) is 10.7 Å². The molecule has 0 unspecified atom stereocenters. The van der Waals surface area contributed by atoms with Gasteiger partial charge in [-0.2, -0.15) is 0 Å². The first kappa shape index (κ1) is 19.3. The van der Waals surface area contributed by atoms with Crippen LogP contribution in [0.1, 0.15) is 18.5 Å². The Morgan fingerprint density at radius 3 is 2.72 bits per heavy atom. The smallest absolute Gasteiger partial charge is 0.279 e. The zero-order valence-electron chi connectivity index (χ0n) is 13.9. The Morgan fingerprint density at radius 2 is 2.00 bits per heavy atom. The summed E-state index contributed by atoms with van der Waals surface area (Å²) in [4.78, 5) is 24.0. The van der Waals surface area contributed by atoms with Gasteiger partial charge >= 0.3 is 0 Å². The average molecular weight is 379 g/mol. The van der Waals surface area contributed by atoms with Gasteiger partial charge in [-0.25, -0.2) is 0 Å². The fourth-order valence-corrected chi connectivity index (χ4v) is 3.20. The van der Waals surface area contributed by atoms with Crippen LogP contribution in [-0.4, -0.2) is 24.1 Å². The third-order valence-electron chi connectivity index (χ3n) is 3.56. The van der Waals surface area contributed by atoms with Crippen molar-refractivity contribution < 1.29 is 14.9 Å². The first-order valence-electron chi connectivity index (χ1n) is 7.84. The summed E-state index contributed by atoms with van der Waals surface area (Å²) in [5.41, 5.74) is 6.93. The van der Waals surface area contributed by atoms with Crippen LogP contribution < -0.4 is 16.4 Å². The summed E-state index contributed by atoms with van der Waals surface area (Å²) < 4.78 is 0. The lowest BCUT2D eigenvalue weighted by Crippen LogP contribution is -2.86. The van der Waals surface area contributed by atoms with Crippen molar-refractivity contribution in [1.82, 2.24) is 0 Å². The van der Waals surface area contributed by atoms with Crippen LogP contribution in [0.15, 0.2) is 53.4 Å². The summed E-state index contributed by atoms with van der Waals surface area (Å²) in [7, 11) is 0. The molecule has 2 aromatic rings. The van der Waals surface area contributed by atoms with E-state index in [9.17, 15) is 9.59 Å². The van der Waals surface area contributed by atoms with E-state index in [-0.39, 0.29) is 24.2 Å². The first-order valence-corrected chi connectivity index (χ1v) is 9.21. The second kappa shape index (κ2) is 9.46. The molecule has 0 heterocycles. The van der Waals surface area contributed by atoms with Crippen molar-refractivity contribution in [2.24, 2.45) is 5.73 Å². The molecule has 2 aromatic carbocycles.